The first kappa shape index (κ1) is 16.4. The van der Waals surface area contributed by atoms with E-state index in [9.17, 15) is 4.79 Å². The van der Waals surface area contributed by atoms with Gasteiger partial charge in [-0.25, -0.2) is 4.98 Å². The fourth-order valence-corrected chi connectivity index (χ4v) is 3.00. The van der Waals surface area contributed by atoms with Crippen LogP contribution in [-0.2, 0) is 6.54 Å². The minimum absolute atomic E-state index is 0.0267. The summed E-state index contributed by atoms with van der Waals surface area (Å²) in [4.78, 5) is 17.3. The average molecular weight is 325 g/mol. The zero-order valence-corrected chi connectivity index (χ0v) is 14.1. The second-order valence-corrected chi connectivity index (χ2v) is 6.53. The number of benzene rings is 1. The highest BCUT2D eigenvalue weighted by Gasteiger charge is 2.16. The summed E-state index contributed by atoms with van der Waals surface area (Å²) < 4.78 is 1.77. The van der Waals surface area contributed by atoms with Gasteiger partial charge < -0.3 is 0 Å². The third-order valence-electron chi connectivity index (χ3n) is 3.51. The van der Waals surface area contributed by atoms with Gasteiger partial charge in [-0.1, -0.05) is 19.1 Å². The molecule has 0 amide bonds. The van der Waals surface area contributed by atoms with Gasteiger partial charge >= 0.3 is 0 Å². The van der Waals surface area contributed by atoms with Crippen LogP contribution in [0.15, 0.2) is 29.1 Å². The Bertz CT molecular complexity index is 656. The lowest BCUT2D eigenvalue weighted by atomic mass is 10.2. The minimum Gasteiger partial charge on any atom is -0.295 e. The lowest BCUT2D eigenvalue weighted by Crippen LogP contribution is -2.26. The maximum atomic E-state index is 12.7. The molecule has 0 aliphatic rings. The molecule has 0 saturated heterocycles. The Morgan fingerprint density at radius 1 is 1.33 bits per heavy atom. The van der Waals surface area contributed by atoms with Gasteiger partial charge in [-0.2, -0.15) is 11.8 Å². The second-order valence-electron chi connectivity index (χ2n) is 5.02. The molecule has 1 aromatic carbocycles. The number of rotatable bonds is 7. The molecule has 2 rings (SSSR count). The van der Waals surface area contributed by atoms with Gasteiger partial charge in [-0.05, 0) is 43.4 Å². The van der Waals surface area contributed by atoms with Crippen LogP contribution < -0.4 is 5.56 Å². The highest BCUT2D eigenvalue weighted by atomic mass is 35.5. The normalized spacial score (nSPS) is 12.7. The lowest BCUT2D eigenvalue weighted by Gasteiger charge is -2.16. The van der Waals surface area contributed by atoms with Crippen molar-refractivity contribution in [3.8, 4) is 0 Å². The highest BCUT2D eigenvalue weighted by Crippen LogP contribution is 2.23. The number of alkyl halides is 1. The first-order valence-corrected chi connectivity index (χ1v) is 9.14. The molecule has 1 aromatic heterocycles. The number of unbranched alkanes of at least 4 members (excludes halogenated alkanes) is 1. The van der Waals surface area contributed by atoms with Crippen LogP contribution in [-0.4, -0.2) is 21.6 Å². The standard InChI is InChI=1S/C16H21ClN2OS/c1-3-13(17)15-18-14-9-5-4-8-12(14)16(20)19(15)10-6-7-11-21-2/h4-5,8-9,13H,3,6-7,10-11H2,1-2H3. The maximum absolute atomic E-state index is 12.7. The number of thioether (sulfide) groups is 1. The number of nitrogens with zero attached hydrogens (tertiary/aromatic N) is 2. The minimum atomic E-state index is -0.220. The summed E-state index contributed by atoms with van der Waals surface area (Å²) >= 11 is 8.21. The predicted octanol–water partition coefficient (Wildman–Crippen LogP) is 4.23. The number of fused-ring (bicyclic) bond motifs is 1. The van der Waals surface area contributed by atoms with Crippen molar-refractivity contribution in [2.24, 2.45) is 0 Å². The SMILES string of the molecule is CCC(Cl)c1nc2ccccc2c(=O)n1CCCCSC. The van der Waals surface area contributed by atoms with Crippen molar-refractivity contribution in [3.05, 3.63) is 40.4 Å². The Hall–Kier alpha value is -1.00. The first-order chi connectivity index (χ1) is 10.2. The molecule has 1 atom stereocenters. The lowest BCUT2D eigenvalue weighted by molar-refractivity contribution is 0.569. The van der Waals surface area contributed by atoms with Crippen LogP contribution in [0.2, 0.25) is 0 Å². The quantitative estimate of drug-likeness (QED) is 0.564. The number of aromatic nitrogens is 2. The molecule has 0 N–H and O–H groups in total. The molecule has 21 heavy (non-hydrogen) atoms. The van der Waals surface area contributed by atoms with Crippen molar-refractivity contribution in [2.45, 2.75) is 38.1 Å². The van der Waals surface area contributed by atoms with Crippen molar-refractivity contribution >= 4 is 34.3 Å². The van der Waals surface area contributed by atoms with Gasteiger partial charge in [0.1, 0.15) is 5.82 Å². The summed E-state index contributed by atoms with van der Waals surface area (Å²) in [5.41, 5.74) is 0.760. The predicted molar refractivity (Wildman–Crippen MR) is 92.5 cm³/mol. The van der Waals surface area contributed by atoms with E-state index in [0.717, 1.165) is 30.5 Å². The largest absolute Gasteiger partial charge is 0.295 e. The van der Waals surface area contributed by atoms with Crippen molar-refractivity contribution in [1.29, 1.82) is 0 Å². The summed E-state index contributed by atoms with van der Waals surface area (Å²) in [6.45, 7) is 2.70. The summed E-state index contributed by atoms with van der Waals surface area (Å²) in [6, 6.07) is 7.48. The molecule has 0 spiro atoms. The Kier molecular flexibility index (Phi) is 6.12. The van der Waals surface area contributed by atoms with Crippen molar-refractivity contribution in [1.82, 2.24) is 9.55 Å². The van der Waals surface area contributed by atoms with Crippen LogP contribution in [0.25, 0.3) is 10.9 Å². The van der Waals surface area contributed by atoms with Crippen LogP contribution in [0.4, 0.5) is 0 Å². The zero-order valence-electron chi connectivity index (χ0n) is 12.5. The van der Waals surface area contributed by atoms with E-state index in [2.05, 4.69) is 11.2 Å². The van der Waals surface area contributed by atoms with Crippen LogP contribution in [0, 0.1) is 0 Å². The Morgan fingerprint density at radius 3 is 2.81 bits per heavy atom. The van der Waals surface area contributed by atoms with Gasteiger partial charge in [0, 0.05) is 6.54 Å². The van der Waals surface area contributed by atoms with Crippen LogP contribution in [0.1, 0.15) is 37.4 Å². The summed E-state index contributed by atoms with van der Waals surface area (Å²) in [5, 5.41) is 0.453. The molecule has 0 fully saturated rings. The van der Waals surface area contributed by atoms with Crippen molar-refractivity contribution in [2.75, 3.05) is 12.0 Å². The van der Waals surface area contributed by atoms with E-state index in [0.29, 0.717) is 17.8 Å². The number of para-hydroxylation sites is 1. The fourth-order valence-electron chi connectivity index (χ4n) is 2.34. The average Bonchev–Trinajstić information content (AvgIpc) is 2.52. The van der Waals surface area contributed by atoms with E-state index in [1.54, 1.807) is 4.57 Å². The third kappa shape index (κ3) is 3.80. The maximum Gasteiger partial charge on any atom is 0.261 e. The Morgan fingerprint density at radius 2 is 2.10 bits per heavy atom. The zero-order chi connectivity index (χ0) is 15.2. The number of halogens is 1. The van der Waals surface area contributed by atoms with Gasteiger partial charge in [0.2, 0.25) is 0 Å². The smallest absolute Gasteiger partial charge is 0.261 e. The van der Waals surface area contributed by atoms with Gasteiger partial charge in [0.15, 0.2) is 0 Å². The highest BCUT2D eigenvalue weighted by molar-refractivity contribution is 7.98. The summed E-state index contributed by atoms with van der Waals surface area (Å²) in [5.74, 6) is 1.82. The van der Waals surface area contributed by atoms with E-state index in [-0.39, 0.29) is 10.9 Å². The summed E-state index contributed by atoms with van der Waals surface area (Å²) in [6.07, 6.45) is 4.93. The van der Waals surface area contributed by atoms with Crippen LogP contribution >= 0.6 is 23.4 Å². The monoisotopic (exact) mass is 324 g/mol. The Balaban J connectivity index is 2.43. The van der Waals surface area contributed by atoms with Crippen molar-refractivity contribution in [3.63, 3.8) is 0 Å². The molecule has 1 heterocycles. The van der Waals surface area contributed by atoms with Crippen LogP contribution in [0.3, 0.4) is 0 Å². The molecule has 0 saturated carbocycles. The van der Waals surface area contributed by atoms with Crippen LogP contribution in [0.5, 0.6) is 0 Å². The molecule has 2 aromatic rings. The topological polar surface area (TPSA) is 34.9 Å². The number of hydrogen-bond donors (Lipinski definition) is 0. The molecule has 1 unspecified atom stereocenters. The molecule has 114 valence electrons. The third-order valence-corrected chi connectivity index (χ3v) is 4.71. The molecular formula is C16H21ClN2OS. The molecule has 0 radical (unpaired) electrons. The van der Waals surface area contributed by atoms with Crippen molar-refractivity contribution < 1.29 is 0 Å². The van der Waals surface area contributed by atoms with E-state index >= 15 is 0 Å². The second kappa shape index (κ2) is 7.85. The molecule has 0 aliphatic carbocycles. The molecule has 0 aliphatic heterocycles. The Labute approximate surface area is 134 Å². The van der Waals surface area contributed by atoms with Gasteiger partial charge in [0.25, 0.3) is 5.56 Å². The van der Waals surface area contributed by atoms with Gasteiger partial charge in [-0.3, -0.25) is 9.36 Å². The molecular weight excluding hydrogens is 304 g/mol. The fraction of sp³-hybridized carbons (Fsp3) is 0.500. The van der Waals surface area contributed by atoms with E-state index in [4.69, 9.17) is 11.6 Å². The summed E-state index contributed by atoms with van der Waals surface area (Å²) in [7, 11) is 0. The van der Waals surface area contributed by atoms with Gasteiger partial charge in [-0.15, -0.1) is 11.6 Å². The molecule has 0 bridgehead atoms. The molecule has 3 nitrogen and oxygen atoms in total. The molecule has 5 heteroatoms. The van der Waals surface area contributed by atoms with E-state index < -0.39 is 0 Å². The first-order valence-electron chi connectivity index (χ1n) is 7.31. The number of hydrogen-bond acceptors (Lipinski definition) is 3. The van der Waals surface area contributed by atoms with E-state index in [1.807, 2.05) is 43.0 Å². The van der Waals surface area contributed by atoms with Gasteiger partial charge in [0.05, 0.1) is 16.3 Å². The van der Waals surface area contributed by atoms with E-state index in [1.165, 1.54) is 0 Å².